The Bertz CT molecular complexity index is 360. The lowest BCUT2D eigenvalue weighted by Gasteiger charge is -2.47. The van der Waals surface area contributed by atoms with Crippen LogP contribution in [0, 0.1) is 11.3 Å². The van der Waals surface area contributed by atoms with Gasteiger partial charge in [-0.15, -0.1) is 0 Å². The van der Waals surface area contributed by atoms with Gasteiger partial charge in [-0.1, -0.05) is 31.8 Å². The van der Waals surface area contributed by atoms with E-state index in [-0.39, 0.29) is 17.8 Å². The van der Waals surface area contributed by atoms with Crippen molar-refractivity contribution in [3.05, 3.63) is 0 Å². The molecule has 116 valence electrons. The molecule has 0 aromatic carbocycles. The fourth-order valence-electron chi connectivity index (χ4n) is 3.12. The molecule has 0 unspecified atom stereocenters. The Balaban J connectivity index is 2.86. The fraction of sp³-hybridized carbons (Fsp3) is 0.867. The second-order valence-corrected chi connectivity index (χ2v) is 6.38. The van der Waals surface area contributed by atoms with Gasteiger partial charge in [0.1, 0.15) is 5.41 Å². The summed E-state index contributed by atoms with van der Waals surface area (Å²) in [5.74, 6) is 0.544. The molecule has 3 N–H and O–H groups in total. The summed E-state index contributed by atoms with van der Waals surface area (Å²) < 4.78 is 0. The number of carbonyl (C=O) groups is 1. The molecule has 0 bridgehead atoms. The third kappa shape index (κ3) is 3.25. The lowest BCUT2D eigenvalue weighted by Crippen LogP contribution is -2.59. The van der Waals surface area contributed by atoms with Gasteiger partial charge in [0, 0.05) is 12.6 Å². The summed E-state index contributed by atoms with van der Waals surface area (Å²) in [4.78, 5) is 14.8. The summed E-state index contributed by atoms with van der Waals surface area (Å²) in [6.45, 7) is 9.02. The van der Waals surface area contributed by atoms with Crippen LogP contribution in [0.1, 0.15) is 59.8 Å². The lowest BCUT2D eigenvalue weighted by molar-refractivity contribution is -0.146. The van der Waals surface area contributed by atoms with E-state index < -0.39 is 5.41 Å². The first-order valence-corrected chi connectivity index (χ1v) is 7.68. The zero-order valence-corrected chi connectivity index (χ0v) is 13.2. The van der Waals surface area contributed by atoms with E-state index in [1.54, 1.807) is 0 Å². The number of rotatable bonds is 7. The van der Waals surface area contributed by atoms with Crippen LogP contribution in [0.4, 0.5) is 0 Å². The molecule has 5 nitrogen and oxygen atoms in total. The predicted octanol–water partition coefficient (Wildman–Crippen LogP) is 2.58. The van der Waals surface area contributed by atoms with E-state index in [0.29, 0.717) is 18.8 Å². The normalized spacial score (nSPS) is 26.4. The average Bonchev–Trinajstić information content (AvgIpc) is 2.37. The minimum Gasteiger partial charge on any atom is -0.409 e. The minimum atomic E-state index is -0.773. The Morgan fingerprint density at radius 3 is 2.45 bits per heavy atom. The SMILES string of the molecule is CCCCCN(C(=O)C1(C(N)=NO)CC(C)C1)C(C)C. The van der Waals surface area contributed by atoms with Crippen LogP contribution in [0.15, 0.2) is 5.16 Å². The largest absolute Gasteiger partial charge is 0.409 e. The van der Waals surface area contributed by atoms with E-state index in [1.165, 1.54) is 0 Å². The maximum Gasteiger partial charge on any atom is 0.236 e. The summed E-state index contributed by atoms with van der Waals surface area (Å²) in [7, 11) is 0. The van der Waals surface area contributed by atoms with Crippen molar-refractivity contribution in [3.63, 3.8) is 0 Å². The summed E-state index contributed by atoms with van der Waals surface area (Å²) in [5.41, 5.74) is 5.05. The van der Waals surface area contributed by atoms with E-state index in [2.05, 4.69) is 19.0 Å². The number of hydrogen-bond acceptors (Lipinski definition) is 3. The van der Waals surface area contributed by atoms with Gasteiger partial charge in [-0.3, -0.25) is 4.79 Å². The van der Waals surface area contributed by atoms with E-state index in [0.717, 1.165) is 25.8 Å². The van der Waals surface area contributed by atoms with Crippen molar-refractivity contribution < 1.29 is 10.0 Å². The van der Waals surface area contributed by atoms with Gasteiger partial charge < -0.3 is 15.8 Å². The van der Waals surface area contributed by atoms with E-state index in [9.17, 15) is 4.79 Å². The summed E-state index contributed by atoms with van der Waals surface area (Å²) >= 11 is 0. The molecule has 0 radical (unpaired) electrons. The number of amides is 1. The van der Waals surface area contributed by atoms with Crippen LogP contribution in [0.3, 0.4) is 0 Å². The third-order valence-electron chi connectivity index (χ3n) is 4.29. The van der Waals surface area contributed by atoms with Crippen molar-refractivity contribution in [2.75, 3.05) is 6.54 Å². The summed E-state index contributed by atoms with van der Waals surface area (Å²) in [6, 6.07) is 0.138. The van der Waals surface area contributed by atoms with Crippen LogP contribution in [-0.4, -0.2) is 34.4 Å². The standard InChI is InChI=1S/C15H29N3O2/c1-5-6-7-8-18(11(2)3)14(19)15(13(16)17-20)9-12(4)10-15/h11-12,20H,5-10H2,1-4H3,(H2,16,17). The first-order chi connectivity index (χ1) is 9.39. The monoisotopic (exact) mass is 283 g/mol. The number of oxime groups is 1. The lowest BCUT2D eigenvalue weighted by atomic mass is 9.61. The van der Waals surface area contributed by atoms with Crippen molar-refractivity contribution in [3.8, 4) is 0 Å². The van der Waals surface area contributed by atoms with Gasteiger partial charge in [0.15, 0.2) is 5.84 Å². The van der Waals surface area contributed by atoms with Crippen molar-refractivity contribution in [1.82, 2.24) is 4.90 Å². The fourth-order valence-corrected chi connectivity index (χ4v) is 3.12. The van der Waals surface area contributed by atoms with E-state index in [4.69, 9.17) is 10.9 Å². The highest BCUT2D eigenvalue weighted by molar-refractivity contribution is 6.07. The molecule has 1 aliphatic carbocycles. The molecule has 20 heavy (non-hydrogen) atoms. The number of hydrogen-bond donors (Lipinski definition) is 2. The van der Waals surface area contributed by atoms with Crippen molar-refractivity contribution in [1.29, 1.82) is 0 Å². The Morgan fingerprint density at radius 1 is 1.45 bits per heavy atom. The first-order valence-electron chi connectivity index (χ1n) is 7.68. The quantitative estimate of drug-likeness (QED) is 0.248. The van der Waals surface area contributed by atoms with Gasteiger partial charge >= 0.3 is 0 Å². The Morgan fingerprint density at radius 2 is 2.05 bits per heavy atom. The molecule has 1 saturated carbocycles. The van der Waals surface area contributed by atoms with Crippen LogP contribution in [0.2, 0.25) is 0 Å². The van der Waals surface area contributed by atoms with Gasteiger partial charge in [-0.25, -0.2) is 0 Å². The molecule has 0 heterocycles. The van der Waals surface area contributed by atoms with Gasteiger partial charge in [-0.2, -0.15) is 0 Å². The molecule has 0 spiro atoms. The number of carbonyl (C=O) groups excluding carboxylic acids is 1. The van der Waals surface area contributed by atoms with Crippen molar-refractivity contribution in [2.45, 2.75) is 65.8 Å². The second kappa shape index (κ2) is 6.95. The topological polar surface area (TPSA) is 78.9 Å². The van der Waals surface area contributed by atoms with Crippen LogP contribution in [0.25, 0.3) is 0 Å². The molecule has 1 aliphatic rings. The molecule has 1 rings (SSSR count). The molecular weight excluding hydrogens is 254 g/mol. The maximum absolute atomic E-state index is 12.9. The third-order valence-corrected chi connectivity index (χ3v) is 4.29. The highest BCUT2D eigenvalue weighted by Gasteiger charge is 2.53. The van der Waals surface area contributed by atoms with Crippen LogP contribution in [0.5, 0.6) is 0 Å². The average molecular weight is 283 g/mol. The molecular formula is C15H29N3O2. The van der Waals surface area contributed by atoms with Crippen LogP contribution in [-0.2, 0) is 4.79 Å². The molecule has 0 aromatic rings. The number of unbranched alkanes of at least 4 members (excludes halogenated alkanes) is 2. The molecule has 0 atom stereocenters. The molecule has 1 amide bonds. The number of amidine groups is 1. The summed E-state index contributed by atoms with van der Waals surface area (Å²) in [5, 5.41) is 12.1. The van der Waals surface area contributed by atoms with Crippen LogP contribution < -0.4 is 5.73 Å². The van der Waals surface area contributed by atoms with Crippen molar-refractivity contribution in [2.24, 2.45) is 22.2 Å². The summed E-state index contributed by atoms with van der Waals surface area (Å²) in [6.07, 6.45) is 4.60. The Hall–Kier alpha value is -1.26. The minimum absolute atomic E-state index is 0.0250. The molecule has 5 heteroatoms. The van der Waals surface area contributed by atoms with Gasteiger partial charge in [0.05, 0.1) is 0 Å². The van der Waals surface area contributed by atoms with Crippen molar-refractivity contribution >= 4 is 11.7 Å². The molecule has 1 fully saturated rings. The van der Waals surface area contributed by atoms with E-state index >= 15 is 0 Å². The number of nitrogens with two attached hydrogens (primary N) is 1. The zero-order chi connectivity index (χ0) is 15.3. The molecule has 0 aromatic heterocycles. The zero-order valence-electron chi connectivity index (χ0n) is 13.2. The highest BCUT2D eigenvalue weighted by atomic mass is 16.4. The first kappa shape index (κ1) is 16.8. The van der Waals surface area contributed by atoms with Gasteiger partial charge in [0.2, 0.25) is 5.91 Å². The van der Waals surface area contributed by atoms with Crippen LogP contribution >= 0.6 is 0 Å². The Kier molecular flexibility index (Phi) is 5.84. The smallest absolute Gasteiger partial charge is 0.236 e. The predicted molar refractivity (Wildman–Crippen MR) is 80.6 cm³/mol. The molecule has 0 saturated heterocycles. The highest BCUT2D eigenvalue weighted by Crippen LogP contribution is 2.47. The van der Waals surface area contributed by atoms with E-state index in [1.807, 2.05) is 18.7 Å². The second-order valence-electron chi connectivity index (χ2n) is 6.38. The molecule has 0 aliphatic heterocycles. The Labute approximate surface area is 122 Å². The number of nitrogens with zero attached hydrogens (tertiary/aromatic N) is 2. The maximum atomic E-state index is 12.9. The van der Waals surface area contributed by atoms with Gasteiger partial charge in [0.25, 0.3) is 0 Å². The van der Waals surface area contributed by atoms with Gasteiger partial charge in [-0.05, 0) is 39.0 Å².